The minimum Gasteiger partial charge on any atom is -0.383 e. The monoisotopic (exact) mass is 439 g/mol. The number of hydrogen-bond donors (Lipinski definition) is 3. The van der Waals surface area contributed by atoms with Crippen molar-refractivity contribution in [2.75, 3.05) is 23.4 Å². The summed E-state index contributed by atoms with van der Waals surface area (Å²) in [5.74, 6) is -0.891. The first-order chi connectivity index (χ1) is 14.9. The summed E-state index contributed by atoms with van der Waals surface area (Å²) < 4.78 is 15.9. The van der Waals surface area contributed by atoms with Crippen LogP contribution >= 0.6 is 11.8 Å². The van der Waals surface area contributed by atoms with Crippen molar-refractivity contribution in [3.63, 3.8) is 0 Å². The third-order valence-electron chi connectivity index (χ3n) is 4.70. The molecule has 0 radical (unpaired) electrons. The van der Waals surface area contributed by atoms with Gasteiger partial charge in [0.25, 0.3) is 5.91 Å². The van der Waals surface area contributed by atoms with Crippen LogP contribution in [0, 0.1) is 5.82 Å². The van der Waals surface area contributed by atoms with Gasteiger partial charge in [-0.05, 0) is 37.4 Å². The number of nitrogens with zero attached hydrogens (tertiary/aromatic N) is 4. The molecule has 160 valence electrons. The number of aromatic nitrogens is 4. The lowest BCUT2D eigenvalue weighted by Gasteiger charge is -2.14. The van der Waals surface area contributed by atoms with Crippen LogP contribution in [0.4, 0.5) is 15.8 Å². The Balaban J connectivity index is 1.72. The van der Waals surface area contributed by atoms with E-state index >= 15 is 0 Å². The standard InChI is InChI=1S/C21H22FN7OS/c1-11(23)8-24-17-5-4-14(19-15(17)9-25-21(27-19)31-3)20(30)26-13-6-12-10-29(2)28-18(12)16(22)7-13/h4-7,9-11,24H,8,23H2,1-3H3,(H,26,30)/t11-/m0/s1. The first kappa shape index (κ1) is 21.0. The van der Waals surface area contributed by atoms with Crippen LogP contribution in [-0.2, 0) is 7.05 Å². The van der Waals surface area contributed by atoms with Crippen LogP contribution < -0.4 is 16.4 Å². The van der Waals surface area contributed by atoms with Crippen LogP contribution in [0.5, 0.6) is 0 Å². The molecule has 2 aromatic carbocycles. The number of fused-ring (bicyclic) bond motifs is 2. The smallest absolute Gasteiger partial charge is 0.257 e. The molecule has 10 heteroatoms. The topological polar surface area (TPSA) is 111 Å². The highest BCUT2D eigenvalue weighted by molar-refractivity contribution is 7.98. The molecule has 1 atom stereocenters. The Bertz CT molecular complexity index is 1290. The van der Waals surface area contributed by atoms with Crippen molar-refractivity contribution >= 4 is 50.8 Å². The van der Waals surface area contributed by atoms with Crippen LogP contribution in [0.3, 0.4) is 0 Å². The van der Waals surface area contributed by atoms with Crippen molar-refractivity contribution in [3.8, 4) is 0 Å². The minimum absolute atomic E-state index is 0.0401. The lowest BCUT2D eigenvalue weighted by molar-refractivity contribution is 0.102. The molecular formula is C21H22FN7OS. The van der Waals surface area contributed by atoms with Crippen molar-refractivity contribution in [2.45, 2.75) is 18.1 Å². The van der Waals surface area contributed by atoms with E-state index in [0.29, 0.717) is 39.2 Å². The highest BCUT2D eigenvalue weighted by Crippen LogP contribution is 2.28. The predicted molar refractivity (Wildman–Crippen MR) is 122 cm³/mol. The highest BCUT2D eigenvalue weighted by atomic mass is 32.2. The third-order valence-corrected chi connectivity index (χ3v) is 5.27. The molecule has 4 N–H and O–H groups in total. The van der Waals surface area contributed by atoms with Crippen LogP contribution in [0.2, 0.25) is 0 Å². The molecule has 0 unspecified atom stereocenters. The second kappa shape index (κ2) is 8.48. The largest absolute Gasteiger partial charge is 0.383 e. The van der Waals surface area contributed by atoms with Crippen LogP contribution in [0.25, 0.3) is 21.8 Å². The zero-order valence-electron chi connectivity index (χ0n) is 17.3. The summed E-state index contributed by atoms with van der Waals surface area (Å²) >= 11 is 1.38. The van der Waals surface area contributed by atoms with Crippen LogP contribution in [-0.4, -0.2) is 44.5 Å². The Kier molecular flexibility index (Phi) is 5.75. The van der Waals surface area contributed by atoms with Crippen LogP contribution in [0.1, 0.15) is 17.3 Å². The molecule has 0 saturated heterocycles. The first-order valence-corrected chi connectivity index (χ1v) is 10.9. The van der Waals surface area contributed by atoms with Gasteiger partial charge in [0, 0.05) is 54.2 Å². The van der Waals surface area contributed by atoms with Crippen molar-refractivity contribution in [3.05, 3.63) is 48.0 Å². The number of hydrogen-bond acceptors (Lipinski definition) is 7. The number of carbonyl (C=O) groups excluding carboxylic acids is 1. The van der Waals surface area contributed by atoms with Gasteiger partial charge in [-0.25, -0.2) is 14.4 Å². The van der Waals surface area contributed by atoms with E-state index in [-0.39, 0.29) is 11.6 Å². The second-order valence-corrected chi connectivity index (χ2v) is 8.06. The fourth-order valence-corrected chi connectivity index (χ4v) is 3.63. The maximum absolute atomic E-state index is 14.4. The van der Waals surface area contributed by atoms with Gasteiger partial charge in [0.05, 0.1) is 11.1 Å². The van der Waals surface area contributed by atoms with Crippen LogP contribution in [0.15, 0.2) is 41.8 Å². The molecule has 0 fully saturated rings. The van der Waals surface area contributed by atoms with Crippen molar-refractivity contribution in [2.24, 2.45) is 12.8 Å². The number of nitrogens with one attached hydrogen (secondary N) is 2. The SMILES string of the molecule is CSc1ncc2c(NC[C@H](C)N)ccc(C(=O)Nc3cc(F)c4nn(C)cc4c3)c2n1. The van der Waals surface area contributed by atoms with Crippen molar-refractivity contribution in [1.82, 2.24) is 19.7 Å². The van der Waals surface area contributed by atoms with E-state index in [1.807, 2.05) is 13.2 Å². The Morgan fingerprint density at radius 1 is 1.32 bits per heavy atom. The predicted octanol–water partition coefficient (Wildman–Crippen LogP) is 3.39. The van der Waals surface area contributed by atoms with E-state index in [2.05, 4.69) is 25.7 Å². The molecule has 0 spiro atoms. The summed E-state index contributed by atoms with van der Waals surface area (Å²) in [6, 6.07) is 6.40. The van der Waals surface area contributed by atoms with Gasteiger partial charge in [0.15, 0.2) is 11.0 Å². The zero-order chi connectivity index (χ0) is 22.1. The van der Waals surface area contributed by atoms with Gasteiger partial charge < -0.3 is 16.4 Å². The third kappa shape index (κ3) is 4.30. The zero-order valence-corrected chi connectivity index (χ0v) is 18.1. The van der Waals surface area contributed by atoms with E-state index in [0.717, 1.165) is 5.69 Å². The molecule has 0 aliphatic heterocycles. The van der Waals surface area contributed by atoms with E-state index in [1.54, 1.807) is 37.6 Å². The maximum atomic E-state index is 14.4. The summed E-state index contributed by atoms with van der Waals surface area (Å²) in [5, 5.41) is 12.0. The summed E-state index contributed by atoms with van der Waals surface area (Å²) in [4.78, 5) is 22.0. The first-order valence-electron chi connectivity index (χ1n) is 9.63. The summed E-state index contributed by atoms with van der Waals surface area (Å²) in [6.07, 6.45) is 5.25. The van der Waals surface area contributed by atoms with E-state index < -0.39 is 11.7 Å². The van der Waals surface area contributed by atoms with Gasteiger partial charge >= 0.3 is 0 Å². The van der Waals surface area contributed by atoms with Gasteiger partial charge in [-0.15, -0.1) is 0 Å². The number of aryl methyl sites for hydroxylation is 1. The quantitative estimate of drug-likeness (QED) is 0.312. The molecule has 0 aliphatic carbocycles. The maximum Gasteiger partial charge on any atom is 0.257 e. The normalized spacial score (nSPS) is 12.3. The number of thioether (sulfide) groups is 1. The average molecular weight is 440 g/mol. The van der Waals surface area contributed by atoms with Gasteiger partial charge in [-0.1, -0.05) is 11.8 Å². The van der Waals surface area contributed by atoms with Crippen molar-refractivity contribution in [1.29, 1.82) is 0 Å². The van der Waals surface area contributed by atoms with Gasteiger partial charge in [-0.3, -0.25) is 9.48 Å². The molecule has 1 amide bonds. The number of benzene rings is 2. The summed E-state index contributed by atoms with van der Waals surface area (Å²) in [7, 11) is 1.72. The Morgan fingerprint density at radius 3 is 2.87 bits per heavy atom. The Morgan fingerprint density at radius 2 is 2.13 bits per heavy atom. The molecule has 2 heterocycles. The second-order valence-electron chi connectivity index (χ2n) is 7.29. The van der Waals surface area contributed by atoms with E-state index in [1.165, 1.54) is 22.5 Å². The van der Waals surface area contributed by atoms with Gasteiger partial charge in [0.2, 0.25) is 0 Å². The molecule has 0 aliphatic rings. The van der Waals surface area contributed by atoms with Gasteiger partial charge in [-0.2, -0.15) is 5.10 Å². The number of carbonyl (C=O) groups is 1. The number of halogens is 1. The van der Waals surface area contributed by atoms with E-state index in [9.17, 15) is 9.18 Å². The summed E-state index contributed by atoms with van der Waals surface area (Å²) in [5.41, 5.74) is 8.11. The lowest BCUT2D eigenvalue weighted by Crippen LogP contribution is -2.25. The fourth-order valence-electron chi connectivity index (χ4n) is 3.29. The molecule has 31 heavy (non-hydrogen) atoms. The highest BCUT2D eigenvalue weighted by Gasteiger charge is 2.17. The Labute approximate surface area is 182 Å². The molecule has 4 aromatic rings. The number of rotatable bonds is 6. The molecular weight excluding hydrogens is 417 g/mol. The number of nitrogens with two attached hydrogens (primary N) is 1. The molecule has 0 bridgehead atoms. The lowest BCUT2D eigenvalue weighted by atomic mass is 10.1. The van der Waals surface area contributed by atoms with Crippen molar-refractivity contribution < 1.29 is 9.18 Å². The average Bonchev–Trinajstić information content (AvgIpc) is 3.12. The fraction of sp³-hybridized carbons (Fsp3) is 0.238. The molecule has 0 saturated carbocycles. The molecule has 2 aromatic heterocycles. The Hall–Kier alpha value is -3.24. The molecule has 4 rings (SSSR count). The number of amides is 1. The van der Waals surface area contributed by atoms with E-state index in [4.69, 9.17) is 5.73 Å². The van der Waals surface area contributed by atoms with Gasteiger partial charge in [0.1, 0.15) is 5.52 Å². The summed E-state index contributed by atoms with van der Waals surface area (Å²) in [6.45, 7) is 2.47. The number of anilines is 2. The minimum atomic E-state index is -0.499. The molecule has 8 nitrogen and oxygen atoms in total.